The first-order valence-corrected chi connectivity index (χ1v) is 8.59. The summed E-state index contributed by atoms with van der Waals surface area (Å²) < 4.78 is 24.5. The van der Waals surface area contributed by atoms with Crippen molar-refractivity contribution in [1.29, 1.82) is 0 Å². The standard InChI is InChI=1S/C17H13ClFN3O3.C2H6/c1-9(23)25-15-6-10-13(7-14(15)24-2)20-8-21-17(10)22-12-5-3-4-11(18)16(12)19;1-2/h3-8H,1-2H3,(H,20,21,22);1-2H3. The van der Waals surface area contributed by atoms with Crippen molar-refractivity contribution >= 4 is 40.0 Å². The summed E-state index contributed by atoms with van der Waals surface area (Å²) in [5.41, 5.74) is 0.699. The number of benzene rings is 2. The van der Waals surface area contributed by atoms with Crippen molar-refractivity contribution in [3.8, 4) is 11.5 Å². The number of nitrogens with one attached hydrogen (secondary N) is 1. The summed E-state index contributed by atoms with van der Waals surface area (Å²) in [6, 6.07) is 7.76. The average molecular weight is 392 g/mol. The zero-order valence-corrected chi connectivity index (χ0v) is 16.1. The lowest BCUT2D eigenvalue weighted by Crippen LogP contribution is -2.04. The predicted octanol–water partition coefficient (Wildman–Crippen LogP) is 5.13. The molecule has 8 heteroatoms. The fourth-order valence-corrected chi connectivity index (χ4v) is 2.46. The van der Waals surface area contributed by atoms with E-state index in [0.29, 0.717) is 22.5 Å². The van der Waals surface area contributed by atoms with Crippen LogP contribution in [0.4, 0.5) is 15.9 Å². The van der Waals surface area contributed by atoms with E-state index < -0.39 is 11.8 Å². The van der Waals surface area contributed by atoms with Gasteiger partial charge in [0.2, 0.25) is 0 Å². The van der Waals surface area contributed by atoms with Gasteiger partial charge in [0, 0.05) is 18.4 Å². The Labute approximate surface area is 161 Å². The summed E-state index contributed by atoms with van der Waals surface area (Å²) in [5, 5.41) is 3.40. The summed E-state index contributed by atoms with van der Waals surface area (Å²) >= 11 is 5.80. The highest BCUT2D eigenvalue weighted by molar-refractivity contribution is 6.31. The van der Waals surface area contributed by atoms with Crippen LogP contribution < -0.4 is 14.8 Å². The van der Waals surface area contributed by atoms with Gasteiger partial charge in [-0.25, -0.2) is 14.4 Å². The number of esters is 1. The van der Waals surface area contributed by atoms with Crippen molar-refractivity contribution < 1.29 is 18.7 Å². The van der Waals surface area contributed by atoms with Crippen molar-refractivity contribution in [2.45, 2.75) is 20.8 Å². The molecule has 3 aromatic rings. The van der Waals surface area contributed by atoms with Gasteiger partial charge in [-0.15, -0.1) is 0 Å². The molecule has 0 aliphatic heterocycles. The first-order valence-electron chi connectivity index (χ1n) is 8.22. The summed E-state index contributed by atoms with van der Waals surface area (Å²) in [7, 11) is 1.45. The molecule has 0 aliphatic rings. The number of hydrogen-bond acceptors (Lipinski definition) is 6. The quantitative estimate of drug-likeness (QED) is 0.491. The summed E-state index contributed by atoms with van der Waals surface area (Å²) in [6.45, 7) is 5.28. The Morgan fingerprint density at radius 3 is 2.59 bits per heavy atom. The number of nitrogens with zero attached hydrogens (tertiary/aromatic N) is 2. The number of anilines is 2. The van der Waals surface area contributed by atoms with Gasteiger partial charge in [0.05, 0.1) is 23.3 Å². The molecule has 6 nitrogen and oxygen atoms in total. The molecule has 0 atom stereocenters. The van der Waals surface area contributed by atoms with Crippen molar-refractivity contribution in [1.82, 2.24) is 9.97 Å². The average Bonchev–Trinajstić information content (AvgIpc) is 2.66. The van der Waals surface area contributed by atoms with E-state index in [-0.39, 0.29) is 16.5 Å². The Hall–Kier alpha value is -2.93. The van der Waals surface area contributed by atoms with Gasteiger partial charge in [-0.2, -0.15) is 0 Å². The maximum absolute atomic E-state index is 14.1. The molecule has 27 heavy (non-hydrogen) atoms. The van der Waals surface area contributed by atoms with Crippen molar-refractivity contribution in [3.63, 3.8) is 0 Å². The molecule has 0 aliphatic carbocycles. The van der Waals surface area contributed by atoms with Gasteiger partial charge in [-0.3, -0.25) is 4.79 Å². The van der Waals surface area contributed by atoms with Crippen LogP contribution in [0.3, 0.4) is 0 Å². The highest BCUT2D eigenvalue weighted by Crippen LogP contribution is 2.35. The van der Waals surface area contributed by atoms with E-state index in [9.17, 15) is 9.18 Å². The Bertz CT molecular complexity index is 966. The molecular formula is C19H19ClFN3O3. The number of hydrogen-bond donors (Lipinski definition) is 1. The third kappa shape index (κ3) is 4.62. The van der Waals surface area contributed by atoms with Gasteiger partial charge in [-0.05, 0) is 18.2 Å². The lowest BCUT2D eigenvalue weighted by atomic mass is 10.2. The number of methoxy groups -OCH3 is 1. The van der Waals surface area contributed by atoms with E-state index in [1.807, 2.05) is 13.8 Å². The Balaban J connectivity index is 0.00000126. The fourth-order valence-electron chi connectivity index (χ4n) is 2.29. The van der Waals surface area contributed by atoms with Gasteiger partial charge in [0.1, 0.15) is 12.1 Å². The van der Waals surface area contributed by atoms with Crippen molar-refractivity contribution in [2.75, 3.05) is 12.4 Å². The number of ether oxygens (including phenoxy) is 2. The van der Waals surface area contributed by atoms with Crippen LogP contribution >= 0.6 is 11.6 Å². The van der Waals surface area contributed by atoms with Gasteiger partial charge >= 0.3 is 5.97 Å². The van der Waals surface area contributed by atoms with Crippen LogP contribution in [0.5, 0.6) is 11.5 Å². The van der Waals surface area contributed by atoms with Crippen LogP contribution in [-0.4, -0.2) is 23.0 Å². The molecule has 1 heterocycles. The van der Waals surface area contributed by atoms with Crippen LogP contribution in [0.2, 0.25) is 5.02 Å². The molecule has 0 unspecified atom stereocenters. The first-order chi connectivity index (χ1) is 13.0. The molecule has 0 fully saturated rings. The lowest BCUT2D eigenvalue weighted by molar-refractivity contribution is -0.132. The van der Waals surface area contributed by atoms with Crippen LogP contribution in [0.1, 0.15) is 20.8 Å². The SMILES string of the molecule is CC.COc1cc2ncnc(Nc3cccc(Cl)c3F)c2cc1OC(C)=O. The Kier molecular flexibility index (Phi) is 6.90. The van der Waals surface area contributed by atoms with E-state index in [4.69, 9.17) is 21.1 Å². The van der Waals surface area contributed by atoms with E-state index in [1.54, 1.807) is 18.2 Å². The smallest absolute Gasteiger partial charge is 0.308 e. The second-order valence-electron chi connectivity index (χ2n) is 5.06. The molecule has 142 valence electrons. The van der Waals surface area contributed by atoms with Gasteiger partial charge in [-0.1, -0.05) is 31.5 Å². The third-order valence-electron chi connectivity index (χ3n) is 3.38. The Morgan fingerprint density at radius 2 is 1.93 bits per heavy atom. The van der Waals surface area contributed by atoms with Crippen LogP contribution in [-0.2, 0) is 4.79 Å². The van der Waals surface area contributed by atoms with E-state index in [2.05, 4.69) is 15.3 Å². The zero-order valence-electron chi connectivity index (χ0n) is 15.3. The second kappa shape index (κ2) is 9.14. The fraction of sp³-hybridized carbons (Fsp3) is 0.211. The number of halogens is 2. The van der Waals surface area contributed by atoms with E-state index in [0.717, 1.165) is 0 Å². The minimum absolute atomic E-state index is 0.00867. The summed E-state index contributed by atoms with van der Waals surface area (Å²) in [4.78, 5) is 19.6. The minimum atomic E-state index is -0.593. The molecule has 2 aromatic carbocycles. The molecule has 0 saturated carbocycles. The predicted molar refractivity (Wildman–Crippen MR) is 103 cm³/mol. The lowest BCUT2D eigenvalue weighted by Gasteiger charge is -2.13. The highest BCUT2D eigenvalue weighted by atomic mass is 35.5. The van der Waals surface area contributed by atoms with E-state index in [1.165, 1.54) is 32.5 Å². The van der Waals surface area contributed by atoms with Crippen molar-refractivity contribution in [2.24, 2.45) is 0 Å². The van der Waals surface area contributed by atoms with Gasteiger partial charge in [0.15, 0.2) is 17.3 Å². The molecule has 1 N–H and O–H groups in total. The van der Waals surface area contributed by atoms with Gasteiger partial charge in [0.25, 0.3) is 0 Å². The van der Waals surface area contributed by atoms with Gasteiger partial charge < -0.3 is 14.8 Å². The largest absolute Gasteiger partial charge is 0.493 e. The number of carbonyl (C=O) groups excluding carboxylic acids is 1. The Morgan fingerprint density at radius 1 is 1.19 bits per heavy atom. The van der Waals surface area contributed by atoms with E-state index >= 15 is 0 Å². The van der Waals surface area contributed by atoms with Crippen LogP contribution in [0.25, 0.3) is 10.9 Å². The van der Waals surface area contributed by atoms with Crippen LogP contribution in [0.15, 0.2) is 36.7 Å². The number of rotatable bonds is 4. The maximum atomic E-state index is 14.1. The topological polar surface area (TPSA) is 73.3 Å². The third-order valence-corrected chi connectivity index (χ3v) is 3.67. The summed E-state index contributed by atoms with van der Waals surface area (Å²) in [6.07, 6.45) is 1.33. The molecule has 0 spiro atoms. The molecule has 0 bridgehead atoms. The molecule has 0 saturated heterocycles. The number of aromatic nitrogens is 2. The number of carbonyl (C=O) groups is 1. The highest BCUT2D eigenvalue weighted by Gasteiger charge is 2.14. The first kappa shape index (κ1) is 20.4. The van der Waals surface area contributed by atoms with Crippen molar-refractivity contribution in [3.05, 3.63) is 47.5 Å². The maximum Gasteiger partial charge on any atom is 0.308 e. The normalized spacial score (nSPS) is 10.0. The molecule has 3 rings (SSSR count). The minimum Gasteiger partial charge on any atom is -0.493 e. The number of fused-ring (bicyclic) bond motifs is 1. The molecule has 1 aromatic heterocycles. The monoisotopic (exact) mass is 391 g/mol. The van der Waals surface area contributed by atoms with Crippen LogP contribution in [0, 0.1) is 5.82 Å². The zero-order chi connectivity index (χ0) is 20.0. The summed E-state index contributed by atoms with van der Waals surface area (Å²) in [5.74, 6) is -0.190. The molecule has 0 radical (unpaired) electrons. The molecular weight excluding hydrogens is 373 g/mol. The second-order valence-corrected chi connectivity index (χ2v) is 5.47. The molecule has 0 amide bonds.